The van der Waals surface area contributed by atoms with E-state index in [2.05, 4.69) is 20.5 Å². The van der Waals surface area contributed by atoms with Crippen molar-refractivity contribution >= 4 is 34.9 Å². The van der Waals surface area contributed by atoms with Crippen molar-refractivity contribution in [3.05, 3.63) is 84.2 Å². The molecule has 0 saturated carbocycles. The third-order valence-electron chi connectivity index (χ3n) is 4.31. The molecule has 0 aliphatic rings. The average Bonchev–Trinajstić information content (AvgIpc) is 3.58. The maximum absolute atomic E-state index is 5.45. The molecule has 0 N–H and O–H groups in total. The fourth-order valence-electron chi connectivity index (χ4n) is 2.82. The van der Waals surface area contributed by atoms with E-state index in [1.165, 1.54) is 0 Å². The van der Waals surface area contributed by atoms with Gasteiger partial charge in [0.2, 0.25) is 0 Å². The second-order valence-electron chi connectivity index (χ2n) is 6.51. The van der Waals surface area contributed by atoms with E-state index in [4.69, 9.17) is 9.05 Å². The zero-order chi connectivity index (χ0) is 20.9. The van der Waals surface area contributed by atoms with E-state index < -0.39 is 0 Å². The minimum atomic E-state index is 0.680. The van der Waals surface area contributed by atoms with Gasteiger partial charge in [-0.25, -0.2) is 0 Å². The molecule has 0 fully saturated rings. The minimum absolute atomic E-state index is 0.680. The Morgan fingerprint density at radius 2 is 1.10 bits per heavy atom. The summed E-state index contributed by atoms with van der Waals surface area (Å²) < 4.78 is 12.7. The molecule has 2 aromatic carbocycles. The third-order valence-corrected chi connectivity index (χ3v) is 7.57. The van der Waals surface area contributed by atoms with Gasteiger partial charge in [0.15, 0.2) is 20.2 Å². The fraction of sp³-hybridized carbons (Fsp3) is 0.0909. The molecule has 3 heterocycles. The summed E-state index contributed by atoms with van der Waals surface area (Å²) in [6.07, 6.45) is 0. The van der Waals surface area contributed by atoms with Crippen LogP contribution in [0.4, 0.5) is 0 Å². The standard InChI is InChI=1S/C22H16N4O2S3/c1-3-7-15(8-4-1)19-11-17(25-27-19)13-29-21-23-24-22(31-21)30-14-18-12-20(28-26-18)16-9-5-2-6-10-16/h1-12H,13-14H2. The van der Waals surface area contributed by atoms with Crippen molar-refractivity contribution in [1.82, 2.24) is 20.5 Å². The SMILES string of the molecule is c1ccc(-c2cc(CSc3nnc(SCc4cc(-c5ccccc5)on4)s3)no2)cc1. The lowest BCUT2D eigenvalue weighted by Crippen LogP contribution is -1.79. The van der Waals surface area contributed by atoms with Crippen LogP contribution in [0.25, 0.3) is 22.6 Å². The molecule has 0 aliphatic heterocycles. The van der Waals surface area contributed by atoms with Gasteiger partial charge in [-0.1, -0.05) is 106 Å². The summed E-state index contributed by atoms with van der Waals surface area (Å²) in [5, 5.41) is 16.8. The van der Waals surface area contributed by atoms with Crippen LogP contribution < -0.4 is 0 Å². The highest BCUT2D eigenvalue weighted by molar-refractivity contribution is 8.02. The van der Waals surface area contributed by atoms with Crippen molar-refractivity contribution in [2.75, 3.05) is 0 Å². The molecule has 5 rings (SSSR count). The quantitative estimate of drug-likeness (QED) is 0.243. The second-order valence-corrected chi connectivity index (χ2v) is 9.93. The van der Waals surface area contributed by atoms with Gasteiger partial charge in [-0.15, -0.1) is 10.2 Å². The normalized spacial score (nSPS) is 11.1. The highest BCUT2D eigenvalue weighted by atomic mass is 32.2. The first kappa shape index (κ1) is 20.0. The lowest BCUT2D eigenvalue weighted by atomic mass is 10.2. The molecule has 0 aliphatic carbocycles. The fourth-order valence-corrected chi connectivity index (χ4v) is 5.60. The van der Waals surface area contributed by atoms with Gasteiger partial charge in [0.25, 0.3) is 0 Å². The van der Waals surface area contributed by atoms with Gasteiger partial charge in [-0.2, -0.15) is 0 Å². The highest BCUT2D eigenvalue weighted by Gasteiger charge is 2.12. The molecule has 0 unspecified atom stereocenters. The molecule has 6 nitrogen and oxygen atoms in total. The van der Waals surface area contributed by atoms with Gasteiger partial charge in [-0.05, 0) is 0 Å². The number of rotatable bonds is 8. The lowest BCUT2D eigenvalue weighted by Gasteiger charge is -1.92. The Morgan fingerprint density at radius 3 is 1.55 bits per heavy atom. The van der Waals surface area contributed by atoms with E-state index in [0.717, 1.165) is 42.7 Å². The van der Waals surface area contributed by atoms with E-state index in [-0.39, 0.29) is 0 Å². The smallest absolute Gasteiger partial charge is 0.175 e. The summed E-state index contributed by atoms with van der Waals surface area (Å²) in [4.78, 5) is 0. The molecule has 154 valence electrons. The van der Waals surface area contributed by atoms with Crippen molar-refractivity contribution in [2.45, 2.75) is 20.2 Å². The Kier molecular flexibility index (Phi) is 6.15. The van der Waals surface area contributed by atoms with Crippen LogP contribution in [-0.4, -0.2) is 20.5 Å². The Labute approximate surface area is 191 Å². The van der Waals surface area contributed by atoms with Crippen LogP contribution in [-0.2, 0) is 11.5 Å². The lowest BCUT2D eigenvalue weighted by molar-refractivity contribution is 0.426. The van der Waals surface area contributed by atoms with Crippen LogP contribution in [0.3, 0.4) is 0 Å². The average molecular weight is 465 g/mol. The third kappa shape index (κ3) is 5.07. The van der Waals surface area contributed by atoms with E-state index in [0.29, 0.717) is 11.5 Å². The van der Waals surface area contributed by atoms with Gasteiger partial charge >= 0.3 is 0 Å². The van der Waals surface area contributed by atoms with E-state index in [1.807, 2.05) is 72.8 Å². The predicted octanol–water partition coefficient (Wildman–Crippen LogP) is 6.43. The zero-order valence-electron chi connectivity index (χ0n) is 16.2. The number of thioether (sulfide) groups is 2. The Morgan fingerprint density at radius 1 is 0.645 bits per heavy atom. The number of benzene rings is 2. The first-order valence-electron chi connectivity index (χ1n) is 9.44. The van der Waals surface area contributed by atoms with Crippen LogP contribution in [0.2, 0.25) is 0 Å². The Balaban J connectivity index is 1.14. The van der Waals surface area contributed by atoms with Gasteiger partial charge < -0.3 is 9.05 Å². The van der Waals surface area contributed by atoms with Crippen molar-refractivity contribution in [1.29, 1.82) is 0 Å². The van der Waals surface area contributed by atoms with Crippen molar-refractivity contribution in [3.8, 4) is 22.6 Å². The molecule has 0 amide bonds. The topological polar surface area (TPSA) is 77.8 Å². The zero-order valence-corrected chi connectivity index (χ0v) is 18.6. The van der Waals surface area contributed by atoms with E-state index in [1.54, 1.807) is 34.9 Å². The molecule has 0 atom stereocenters. The van der Waals surface area contributed by atoms with Crippen LogP contribution in [0.15, 0.2) is 90.5 Å². The first-order valence-corrected chi connectivity index (χ1v) is 12.2. The molecule has 5 aromatic rings. The summed E-state index contributed by atoms with van der Waals surface area (Å²) in [5.74, 6) is 2.90. The second kappa shape index (κ2) is 9.51. The number of hydrogen-bond donors (Lipinski definition) is 0. The number of hydrogen-bond acceptors (Lipinski definition) is 9. The minimum Gasteiger partial charge on any atom is -0.356 e. The first-order chi connectivity index (χ1) is 15.3. The molecule has 9 heteroatoms. The number of aromatic nitrogens is 4. The largest absolute Gasteiger partial charge is 0.356 e. The maximum atomic E-state index is 5.45. The molecule has 0 spiro atoms. The maximum Gasteiger partial charge on any atom is 0.175 e. The predicted molar refractivity (Wildman–Crippen MR) is 123 cm³/mol. The van der Waals surface area contributed by atoms with Gasteiger partial charge in [0, 0.05) is 34.8 Å². The van der Waals surface area contributed by atoms with Crippen LogP contribution in [0.5, 0.6) is 0 Å². The Bertz CT molecular complexity index is 1160. The number of nitrogens with zero attached hydrogens (tertiary/aromatic N) is 4. The summed E-state index contributed by atoms with van der Waals surface area (Å²) in [6, 6.07) is 23.8. The molecule has 31 heavy (non-hydrogen) atoms. The van der Waals surface area contributed by atoms with Crippen LogP contribution in [0.1, 0.15) is 11.4 Å². The van der Waals surface area contributed by atoms with Crippen LogP contribution >= 0.6 is 34.9 Å². The van der Waals surface area contributed by atoms with Crippen molar-refractivity contribution < 1.29 is 9.05 Å². The highest BCUT2D eigenvalue weighted by Crippen LogP contribution is 2.33. The molecule has 0 radical (unpaired) electrons. The summed E-state index contributed by atoms with van der Waals surface area (Å²) in [5.41, 5.74) is 3.79. The molecule has 3 aromatic heterocycles. The summed E-state index contributed by atoms with van der Waals surface area (Å²) >= 11 is 4.77. The Hall–Kier alpha value is -2.88. The molecule has 0 bridgehead atoms. The summed E-state index contributed by atoms with van der Waals surface area (Å²) in [7, 11) is 0. The van der Waals surface area contributed by atoms with E-state index in [9.17, 15) is 0 Å². The molecular weight excluding hydrogens is 448 g/mol. The van der Waals surface area contributed by atoms with Crippen LogP contribution in [0, 0.1) is 0 Å². The molecular formula is C22H16N4O2S3. The van der Waals surface area contributed by atoms with Crippen molar-refractivity contribution in [2.24, 2.45) is 0 Å². The van der Waals surface area contributed by atoms with Gasteiger partial charge in [0.1, 0.15) is 0 Å². The summed E-state index contributed by atoms with van der Waals surface area (Å²) in [6.45, 7) is 0. The van der Waals surface area contributed by atoms with E-state index >= 15 is 0 Å². The van der Waals surface area contributed by atoms with Crippen molar-refractivity contribution in [3.63, 3.8) is 0 Å². The van der Waals surface area contributed by atoms with Gasteiger partial charge in [-0.3, -0.25) is 0 Å². The molecule has 0 saturated heterocycles. The van der Waals surface area contributed by atoms with Gasteiger partial charge in [0.05, 0.1) is 11.4 Å². The monoisotopic (exact) mass is 464 g/mol.